The van der Waals surface area contributed by atoms with Gasteiger partial charge in [-0.05, 0) is 18.6 Å². The van der Waals surface area contributed by atoms with E-state index in [4.69, 9.17) is 18.0 Å². The molecule has 0 aromatic carbocycles. The highest BCUT2D eigenvalue weighted by molar-refractivity contribution is 7.80. The van der Waals surface area contributed by atoms with Gasteiger partial charge in [-0.15, -0.1) is 11.3 Å². The fourth-order valence-electron chi connectivity index (χ4n) is 1.50. The van der Waals surface area contributed by atoms with Crippen molar-refractivity contribution < 1.29 is 0 Å². The number of hydrogen-bond acceptors (Lipinski definition) is 5. The molecule has 2 aromatic rings. The van der Waals surface area contributed by atoms with Gasteiger partial charge >= 0.3 is 0 Å². The normalized spacial score (nSPS) is 10.3. The molecule has 0 aliphatic carbocycles. The van der Waals surface area contributed by atoms with Crippen LogP contribution in [0.25, 0.3) is 0 Å². The number of thiocarbonyl (C=S) groups is 1. The van der Waals surface area contributed by atoms with E-state index in [1.54, 1.807) is 17.5 Å². The van der Waals surface area contributed by atoms with Crippen molar-refractivity contribution in [1.82, 2.24) is 9.97 Å². The molecule has 0 saturated heterocycles. The van der Waals surface area contributed by atoms with Gasteiger partial charge in [0.25, 0.3) is 0 Å². The predicted octanol–water partition coefficient (Wildman–Crippen LogP) is 2.35. The van der Waals surface area contributed by atoms with Gasteiger partial charge in [0.05, 0.1) is 12.1 Å². The smallest absolute Gasteiger partial charge is 0.136 e. The monoisotopic (exact) mass is 278 g/mol. The molecule has 0 atom stereocenters. The highest BCUT2D eigenvalue weighted by atomic mass is 32.1. The number of hydrogen-bond donors (Lipinski definition) is 2. The second-order valence-electron chi connectivity index (χ2n) is 3.69. The highest BCUT2D eigenvalue weighted by Crippen LogP contribution is 2.16. The molecular formula is C12H14N4S2. The molecule has 0 aliphatic rings. The van der Waals surface area contributed by atoms with Crippen LogP contribution < -0.4 is 11.1 Å². The Morgan fingerprint density at radius 2 is 2.33 bits per heavy atom. The lowest BCUT2D eigenvalue weighted by Crippen LogP contribution is -2.14. The van der Waals surface area contributed by atoms with Gasteiger partial charge in [0.1, 0.15) is 15.8 Å². The molecule has 94 valence electrons. The summed E-state index contributed by atoms with van der Waals surface area (Å²) in [6, 6.07) is 3.68. The van der Waals surface area contributed by atoms with Crippen molar-refractivity contribution in [2.45, 2.75) is 19.9 Å². The first-order valence-electron chi connectivity index (χ1n) is 5.63. The van der Waals surface area contributed by atoms with Crippen LogP contribution in [0.15, 0.2) is 24.5 Å². The molecule has 0 spiro atoms. The number of nitrogens with zero attached hydrogens (tertiary/aromatic N) is 2. The summed E-state index contributed by atoms with van der Waals surface area (Å²) < 4.78 is 0. The summed E-state index contributed by atoms with van der Waals surface area (Å²) in [7, 11) is 0. The van der Waals surface area contributed by atoms with Crippen molar-refractivity contribution in [2.75, 3.05) is 5.32 Å². The van der Waals surface area contributed by atoms with Crippen molar-refractivity contribution in [3.05, 3.63) is 40.0 Å². The number of aromatic nitrogens is 2. The maximum Gasteiger partial charge on any atom is 0.136 e. The molecule has 2 heterocycles. The van der Waals surface area contributed by atoms with Gasteiger partial charge in [0.15, 0.2) is 0 Å². The lowest BCUT2D eigenvalue weighted by Gasteiger charge is -2.08. The molecule has 0 radical (unpaired) electrons. The molecule has 0 aliphatic heterocycles. The molecule has 2 rings (SSSR count). The van der Waals surface area contributed by atoms with Gasteiger partial charge in [-0.25, -0.2) is 9.97 Å². The molecule has 0 unspecified atom stereocenters. The Labute approximate surface area is 115 Å². The molecule has 0 saturated carbocycles. The average Bonchev–Trinajstić information content (AvgIpc) is 2.84. The molecular weight excluding hydrogens is 264 g/mol. The minimum absolute atomic E-state index is 0.346. The van der Waals surface area contributed by atoms with E-state index in [9.17, 15) is 0 Å². The zero-order chi connectivity index (χ0) is 13.0. The lowest BCUT2D eigenvalue weighted by molar-refractivity contribution is 1.07. The van der Waals surface area contributed by atoms with Gasteiger partial charge in [0, 0.05) is 17.3 Å². The predicted molar refractivity (Wildman–Crippen MR) is 78.9 cm³/mol. The second kappa shape index (κ2) is 5.88. The Kier molecular flexibility index (Phi) is 4.22. The van der Waals surface area contributed by atoms with Crippen molar-refractivity contribution in [3.8, 4) is 0 Å². The van der Waals surface area contributed by atoms with E-state index in [0.717, 1.165) is 17.0 Å². The van der Waals surface area contributed by atoms with Crippen LogP contribution in [0.3, 0.4) is 0 Å². The summed E-state index contributed by atoms with van der Waals surface area (Å²) in [5.41, 5.74) is 6.41. The SMILES string of the molecule is CCc1cnc(CNc2ncccc2C(N)=S)s1. The summed E-state index contributed by atoms with van der Waals surface area (Å²) in [5, 5.41) is 4.25. The van der Waals surface area contributed by atoms with E-state index < -0.39 is 0 Å². The van der Waals surface area contributed by atoms with Crippen LogP contribution in [0.5, 0.6) is 0 Å². The fraction of sp³-hybridized carbons (Fsp3) is 0.250. The van der Waals surface area contributed by atoms with Gasteiger partial charge in [-0.1, -0.05) is 19.1 Å². The minimum atomic E-state index is 0.346. The summed E-state index contributed by atoms with van der Waals surface area (Å²) in [6.07, 6.45) is 4.64. The molecule has 0 fully saturated rings. The highest BCUT2D eigenvalue weighted by Gasteiger charge is 2.06. The van der Waals surface area contributed by atoms with E-state index in [-0.39, 0.29) is 0 Å². The summed E-state index contributed by atoms with van der Waals surface area (Å²) in [6.45, 7) is 2.76. The summed E-state index contributed by atoms with van der Waals surface area (Å²) in [4.78, 5) is 10.2. The number of pyridine rings is 1. The van der Waals surface area contributed by atoms with Crippen LogP contribution in [-0.2, 0) is 13.0 Å². The quantitative estimate of drug-likeness (QED) is 0.822. The first-order valence-corrected chi connectivity index (χ1v) is 6.85. The maximum absolute atomic E-state index is 5.65. The lowest BCUT2D eigenvalue weighted by atomic mass is 10.2. The standard InChI is InChI=1S/C12H14N4S2/c1-2-8-6-15-10(18-8)7-16-12-9(11(13)17)4-3-5-14-12/h3-6H,2,7H2,1H3,(H2,13,17)(H,14,16). The molecule has 2 aromatic heterocycles. The second-order valence-corrected chi connectivity index (χ2v) is 5.33. The van der Waals surface area contributed by atoms with Crippen LogP contribution in [-0.4, -0.2) is 15.0 Å². The van der Waals surface area contributed by atoms with Crippen molar-refractivity contribution in [1.29, 1.82) is 0 Å². The van der Waals surface area contributed by atoms with E-state index >= 15 is 0 Å². The first-order chi connectivity index (χ1) is 8.70. The van der Waals surface area contributed by atoms with Crippen molar-refractivity contribution >= 4 is 34.4 Å². The number of thiazole rings is 1. The third kappa shape index (κ3) is 3.02. The Morgan fingerprint density at radius 3 is 3.00 bits per heavy atom. The Bertz CT molecular complexity index is 551. The molecule has 0 amide bonds. The van der Waals surface area contributed by atoms with E-state index in [0.29, 0.717) is 17.4 Å². The largest absolute Gasteiger partial charge is 0.389 e. The van der Waals surface area contributed by atoms with Crippen LogP contribution in [0.1, 0.15) is 22.4 Å². The van der Waals surface area contributed by atoms with Gasteiger partial charge in [0.2, 0.25) is 0 Å². The Balaban J connectivity index is 2.08. The van der Waals surface area contributed by atoms with Crippen LogP contribution >= 0.6 is 23.6 Å². The third-order valence-electron chi connectivity index (χ3n) is 2.43. The molecule has 0 bridgehead atoms. The third-order valence-corrected chi connectivity index (χ3v) is 3.79. The number of anilines is 1. The van der Waals surface area contributed by atoms with Gasteiger partial charge < -0.3 is 11.1 Å². The number of nitrogens with two attached hydrogens (primary N) is 1. The van der Waals surface area contributed by atoms with Gasteiger partial charge in [-0.3, -0.25) is 0 Å². The maximum atomic E-state index is 5.65. The van der Waals surface area contributed by atoms with Crippen LogP contribution in [0.2, 0.25) is 0 Å². The number of aryl methyl sites for hydroxylation is 1. The summed E-state index contributed by atoms with van der Waals surface area (Å²) >= 11 is 6.69. The Morgan fingerprint density at radius 1 is 1.50 bits per heavy atom. The average molecular weight is 278 g/mol. The van der Waals surface area contributed by atoms with Crippen LogP contribution in [0.4, 0.5) is 5.82 Å². The fourth-order valence-corrected chi connectivity index (χ4v) is 2.46. The van der Waals surface area contributed by atoms with E-state index in [1.807, 2.05) is 18.3 Å². The zero-order valence-corrected chi connectivity index (χ0v) is 11.6. The minimum Gasteiger partial charge on any atom is -0.389 e. The van der Waals surface area contributed by atoms with Gasteiger partial charge in [-0.2, -0.15) is 0 Å². The van der Waals surface area contributed by atoms with E-state index in [1.165, 1.54) is 4.88 Å². The van der Waals surface area contributed by atoms with Crippen LogP contribution in [0, 0.1) is 0 Å². The summed E-state index contributed by atoms with van der Waals surface area (Å²) in [5.74, 6) is 0.707. The first kappa shape index (κ1) is 12.9. The van der Waals surface area contributed by atoms with Crippen molar-refractivity contribution in [2.24, 2.45) is 5.73 Å². The molecule has 3 N–H and O–H groups in total. The van der Waals surface area contributed by atoms with Crippen molar-refractivity contribution in [3.63, 3.8) is 0 Å². The molecule has 6 heteroatoms. The molecule has 18 heavy (non-hydrogen) atoms. The molecule has 4 nitrogen and oxygen atoms in total. The van der Waals surface area contributed by atoms with E-state index in [2.05, 4.69) is 22.2 Å². The Hall–Kier alpha value is -1.53. The number of rotatable bonds is 5. The number of nitrogens with one attached hydrogen (secondary N) is 1. The topological polar surface area (TPSA) is 63.8 Å². The zero-order valence-electron chi connectivity index (χ0n) is 10.0.